The van der Waals surface area contributed by atoms with Crippen LogP contribution in [0.15, 0.2) is 30.8 Å². The Hall–Kier alpha value is -1.57. The van der Waals surface area contributed by atoms with Gasteiger partial charge in [-0.2, -0.15) is 26.3 Å². The summed E-state index contributed by atoms with van der Waals surface area (Å²) in [6.45, 7) is 2.84. The van der Waals surface area contributed by atoms with Crippen molar-refractivity contribution >= 4 is 5.83 Å². The molecule has 0 saturated heterocycles. The average Bonchev–Trinajstić information content (AvgIpc) is 2.25. The monoisotopic (exact) mass is 288 g/mol. The Morgan fingerprint density at radius 3 is 1.53 bits per heavy atom. The van der Waals surface area contributed by atoms with Crippen molar-refractivity contribution in [3.63, 3.8) is 0 Å². The first-order chi connectivity index (χ1) is 8.41. The van der Waals surface area contributed by atoms with E-state index in [-0.39, 0.29) is 5.56 Å². The highest BCUT2D eigenvalue weighted by molar-refractivity contribution is 5.57. The minimum absolute atomic E-state index is 0.282. The van der Waals surface area contributed by atoms with Crippen LogP contribution in [0.4, 0.5) is 30.7 Å². The van der Waals surface area contributed by atoms with Gasteiger partial charge in [-0.05, 0) is 0 Å². The fraction of sp³-hybridized carbons (Fsp3) is 0.273. The lowest BCUT2D eigenvalue weighted by Crippen LogP contribution is -2.53. The molecule has 1 aromatic rings. The smallest absolute Gasteiger partial charge is 0.369 e. The molecular weight excluding hydrogens is 281 g/mol. The van der Waals surface area contributed by atoms with E-state index in [4.69, 9.17) is 5.11 Å². The minimum atomic E-state index is -5.96. The molecule has 0 unspecified atom stereocenters. The highest BCUT2D eigenvalue weighted by atomic mass is 19.4. The van der Waals surface area contributed by atoms with E-state index in [1.807, 2.05) is 0 Å². The van der Waals surface area contributed by atoms with Crippen LogP contribution in [0.3, 0.4) is 0 Å². The van der Waals surface area contributed by atoms with Crippen molar-refractivity contribution in [1.29, 1.82) is 0 Å². The van der Waals surface area contributed by atoms with E-state index in [9.17, 15) is 30.7 Å². The van der Waals surface area contributed by atoms with Crippen molar-refractivity contribution in [2.75, 3.05) is 0 Å². The van der Waals surface area contributed by atoms with E-state index in [0.29, 0.717) is 24.3 Å². The van der Waals surface area contributed by atoms with E-state index in [0.717, 1.165) is 0 Å². The third-order valence-corrected chi connectivity index (χ3v) is 2.44. The molecule has 0 atom stereocenters. The predicted molar refractivity (Wildman–Crippen MR) is 52.6 cm³/mol. The highest BCUT2D eigenvalue weighted by Crippen LogP contribution is 2.50. The van der Waals surface area contributed by atoms with Gasteiger partial charge in [0, 0.05) is 11.1 Å². The third-order valence-electron chi connectivity index (χ3n) is 2.44. The molecule has 1 N–H and O–H groups in total. The van der Waals surface area contributed by atoms with Crippen LogP contribution >= 0.6 is 0 Å². The average molecular weight is 288 g/mol. The Bertz CT molecular complexity index is 455. The number of aliphatic hydroxyl groups is 1. The molecule has 0 heterocycles. The summed E-state index contributed by atoms with van der Waals surface area (Å²) >= 11 is 0. The van der Waals surface area contributed by atoms with Crippen molar-refractivity contribution < 1.29 is 35.8 Å². The zero-order valence-electron chi connectivity index (χ0n) is 9.11. The predicted octanol–water partition coefficient (Wildman–Crippen LogP) is 3.94. The van der Waals surface area contributed by atoms with Gasteiger partial charge in [-0.1, -0.05) is 30.8 Å². The fourth-order valence-electron chi connectivity index (χ4n) is 1.38. The molecule has 0 aliphatic carbocycles. The van der Waals surface area contributed by atoms with Gasteiger partial charge in [0.15, 0.2) is 0 Å². The standard InChI is InChI=1S/C11H7F7O/c1-6(12)7-2-4-8(5-3-7)9(19,10(13,14)15)11(16,17)18/h2-5,19H,1H2. The molecule has 106 valence electrons. The molecule has 0 aliphatic rings. The Balaban J connectivity index is 3.40. The first-order valence-corrected chi connectivity index (χ1v) is 4.72. The quantitative estimate of drug-likeness (QED) is 0.817. The molecule has 0 radical (unpaired) electrons. The van der Waals surface area contributed by atoms with Gasteiger partial charge in [-0.15, -0.1) is 0 Å². The van der Waals surface area contributed by atoms with Gasteiger partial charge < -0.3 is 5.11 Å². The van der Waals surface area contributed by atoms with Crippen molar-refractivity contribution in [3.8, 4) is 0 Å². The van der Waals surface area contributed by atoms with Gasteiger partial charge in [-0.25, -0.2) is 4.39 Å². The molecule has 1 rings (SSSR count). The van der Waals surface area contributed by atoms with E-state index >= 15 is 0 Å². The van der Waals surface area contributed by atoms with E-state index in [1.165, 1.54) is 0 Å². The second kappa shape index (κ2) is 4.52. The summed E-state index contributed by atoms with van der Waals surface area (Å²) in [6.07, 6.45) is -11.9. The van der Waals surface area contributed by atoms with Crippen LogP contribution in [0.5, 0.6) is 0 Å². The number of benzene rings is 1. The van der Waals surface area contributed by atoms with Crippen LogP contribution in [-0.2, 0) is 5.60 Å². The molecule has 0 amide bonds. The summed E-state index contributed by atoms with van der Waals surface area (Å²) in [5, 5.41) is 9.02. The Morgan fingerprint density at radius 1 is 0.895 bits per heavy atom. The lowest BCUT2D eigenvalue weighted by atomic mass is 9.91. The first-order valence-electron chi connectivity index (χ1n) is 4.72. The summed E-state index contributed by atoms with van der Waals surface area (Å²) in [5.41, 5.74) is -6.73. The number of hydrogen-bond acceptors (Lipinski definition) is 1. The summed E-state index contributed by atoms with van der Waals surface area (Å²) in [4.78, 5) is 0. The van der Waals surface area contributed by atoms with Gasteiger partial charge in [-0.3, -0.25) is 0 Å². The van der Waals surface area contributed by atoms with Crippen LogP contribution in [0.1, 0.15) is 11.1 Å². The van der Waals surface area contributed by atoms with Crippen LogP contribution in [0.2, 0.25) is 0 Å². The van der Waals surface area contributed by atoms with Crippen LogP contribution < -0.4 is 0 Å². The van der Waals surface area contributed by atoms with Crippen molar-refractivity contribution in [2.45, 2.75) is 18.0 Å². The van der Waals surface area contributed by atoms with Gasteiger partial charge >= 0.3 is 12.4 Å². The summed E-state index contributed by atoms with van der Waals surface area (Å²) in [7, 11) is 0. The Morgan fingerprint density at radius 2 is 1.26 bits per heavy atom. The normalized spacial score (nSPS) is 13.5. The number of halogens is 7. The maximum absolute atomic E-state index is 12.6. The molecule has 0 fully saturated rings. The van der Waals surface area contributed by atoms with Gasteiger partial charge in [0.1, 0.15) is 5.83 Å². The van der Waals surface area contributed by atoms with Crippen LogP contribution in [-0.4, -0.2) is 17.5 Å². The minimum Gasteiger partial charge on any atom is -0.369 e. The third kappa shape index (κ3) is 2.58. The highest BCUT2D eigenvalue weighted by Gasteiger charge is 2.71. The van der Waals surface area contributed by atoms with Crippen LogP contribution in [0, 0.1) is 0 Å². The zero-order chi connectivity index (χ0) is 15.1. The SMILES string of the molecule is C=C(F)c1ccc(C(O)(C(F)(F)F)C(F)(F)F)cc1. The van der Waals surface area contributed by atoms with E-state index < -0.39 is 29.3 Å². The molecule has 1 aromatic carbocycles. The Labute approximate surface area is 103 Å². The van der Waals surface area contributed by atoms with Crippen LogP contribution in [0.25, 0.3) is 5.83 Å². The number of hydrogen-bond donors (Lipinski definition) is 1. The lowest BCUT2D eigenvalue weighted by molar-refractivity contribution is -0.376. The van der Waals surface area contributed by atoms with Crippen molar-refractivity contribution in [1.82, 2.24) is 0 Å². The van der Waals surface area contributed by atoms with Gasteiger partial charge in [0.2, 0.25) is 0 Å². The summed E-state index contributed by atoms with van der Waals surface area (Å²) in [6, 6.07) is 2.03. The molecule has 0 saturated carbocycles. The Kier molecular flexibility index (Phi) is 3.68. The molecule has 19 heavy (non-hydrogen) atoms. The second-order valence-electron chi connectivity index (χ2n) is 3.69. The molecular formula is C11H7F7O. The second-order valence-corrected chi connectivity index (χ2v) is 3.69. The van der Waals surface area contributed by atoms with Gasteiger partial charge in [0.25, 0.3) is 5.60 Å². The maximum atomic E-state index is 12.6. The fourth-order valence-corrected chi connectivity index (χ4v) is 1.38. The molecule has 0 spiro atoms. The van der Waals surface area contributed by atoms with Crippen molar-refractivity contribution in [2.24, 2.45) is 0 Å². The first kappa shape index (κ1) is 15.5. The van der Waals surface area contributed by atoms with Crippen molar-refractivity contribution in [3.05, 3.63) is 42.0 Å². The largest absolute Gasteiger partial charge is 0.430 e. The molecule has 0 bridgehead atoms. The molecule has 1 nitrogen and oxygen atoms in total. The molecule has 0 aliphatic heterocycles. The van der Waals surface area contributed by atoms with E-state index in [2.05, 4.69) is 6.58 Å². The molecule has 8 heteroatoms. The maximum Gasteiger partial charge on any atom is 0.430 e. The summed E-state index contributed by atoms with van der Waals surface area (Å²) < 4.78 is 87.5. The summed E-state index contributed by atoms with van der Waals surface area (Å²) in [5.74, 6) is -1.02. The lowest BCUT2D eigenvalue weighted by Gasteiger charge is -2.32. The molecule has 0 aromatic heterocycles. The zero-order valence-corrected chi connectivity index (χ0v) is 9.11. The number of alkyl halides is 6. The number of rotatable bonds is 2. The van der Waals surface area contributed by atoms with Gasteiger partial charge in [0.05, 0.1) is 0 Å². The van der Waals surface area contributed by atoms with E-state index in [1.54, 1.807) is 0 Å². The topological polar surface area (TPSA) is 20.2 Å².